The maximum absolute atomic E-state index is 12.5. The summed E-state index contributed by atoms with van der Waals surface area (Å²) in [7, 11) is 0. The second kappa shape index (κ2) is 7.72. The van der Waals surface area contributed by atoms with E-state index < -0.39 is 17.8 Å². The molecule has 0 radical (unpaired) electrons. The zero-order valence-electron chi connectivity index (χ0n) is 12.4. The van der Waals surface area contributed by atoms with Crippen LogP contribution in [0, 0.1) is 0 Å². The first-order chi connectivity index (χ1) is 10.9. The molecular weight excluding hydrogens is 335 g/mol. The van der Waals surface area contributed by atoms with Gasteiger partial charge in [0.2, 0.25) is 0 Å². The summed E-state index contributed by atoms with van der Waals surface area (Å²) in [5, 5.41) is 0. The number of piperazine rings is 1. The first kappa shape index (κ1) is 17.7. The van der Waals surface area contributed by atoms with Gasteiger partial charge in [-0.25, -0.2) is 9.78 Å². The fourth-order valence-electron chi connectivity index (χ4n) is 2.16. The van der Waals surface area contributed by atoms with E-state index in [1.54, 1.807) is 4.90 Å². The third-order valence-corrected chi connectivity index (χ3v) is 3.71. The van der Waals surface area contributed by atoms with Crippen molar-refractivity contribution in [3.05, 3.63) is 23.9 Å². The molecule has 0 aromatic carbocycles. The molecule has 0 atom stereocenters. The second-order valence-corrected chi connectivity index (χ2v) is 5.41. The fourth-order valence-corrected chi connectivity index (χ4v) is 2.27. The molecule has 1 aromatic rings. The number of nitrogens with zero attached hydrogens (tertiary/aromatic N) is 3. The number of rotatable bonds is 4. The Hall–Kier alpha value is -1.70. The molecule has 0 N–H and O–H groups in total. The summed E-state index contributed by atoms with van der Waals surface area (Å²) in [6.45, 7) is 2.12. The number of anilines is 1. The van der Waals surface area contributed by atoms with E-state index in [9.17, 15) is 18.0 Å². The van der Waals surface area contributed by atoms with Gasteiger partial charge in [0.1, 0.15) is 5.82 Å². The predicted octanol–water partition coefficient (Wildman–Crippen LogP) is 2.99. The molecule has 0 spiro atoms. The fraction of sp³-hybridized carbons (Fsp3) is 0.571. The van der Waals surface area contributed by atoms with Gasteiger partial charge in [-0.05, 0) is 18.6 Å². The number of ether oxygens (including phenoxy) is 1. The van der Waals surface area contributed by atoms with Crippen LogP contribution in [0.5, 0.6) is 0 Å². The topological polar surface area (TPSA) is 45.7 Å². The van der Waals surface area contributed by atoms with Gasteiger partial charge in [-0.1, -0.05) is 0 Å². The lowest BCUT2D eigenvalue weighted by Gasteiger charge is -2.34. The van der Waals surface area contributed by atoms with Crippen LogP contribution in [0.15, 0.2) is 18.3 Å². The molecule has 0 unspecified atom stereocenters. The average molecular weight is 352 g/mol. The SMILES string of the molecule is O=C(OCCCCl)N1CCN(c2ccc(C(F)(F)F)cn2)CC1. The monoisotopic (exact) mass is 351 g/mol. The highest BCUT2D eigenvalue weighted by Gasteiger charge is 2.31. The minimum Gasteiger partial charge on any atom is -0.449 e. The molecule has 1 aliphatic heterocycles. The summed E-state index contributed by atoms with van der Waals surface area (Å²) in [6, 6.07) is 2.35. The van der Waals surface area contributed by atoms with Crippen molar-refractivity contribution in [1.82, 2.24) is 9.88 Å². The third kappa shape index (κ3) is 4.89. The molecule has 0 bridgehead atoms. The number of halogens is 4. The van der Waals surface area contributed by atoms with Gasteiger partial charge in [0.15, 0.2) is 0 Å². The maximum Gasteiger partial charge on any atom is 0.417 e. The van der Waals surface area contributed by atoms with Crippen LogP contribution in [-0.2, 0) is 10.9 Å². The first-order valence-electron chi connectivity index (χ1n) is 7.17. The van der Waals surface area contributed by atoms with Crippen LogP contribution in [0.25, 0.3) is 0 Å². The number of alkyl halides is 4. The largest absolute Gasteiger partial charge is 0.449 e. The highest BCUT2D eigenvalue weighted by Crippen LogP contribution is 2.29. The zero-order valence-corrected chi connectivity index (χ0v) is 13.1. The van der Waals surface area contributed by atoms with E-state index in [2.05, 4.69) is 4.98 Å². The van der Waals surface area contributed by atoms with E-state index in [0.717, 1.165) is 12.3 Å². The van der Waals surface area contributed by atoms with Crippen molar-refractivity contribution in [2.75, 3.05) is 43.6 Å². The number of hydrogen-bond donors (Lipinski definition) is 0. The molecule has 2 rings (SSSR count). The van der Waals surface area contributed by atoms with E-state index in [4.69, 9.17) is 16.3 Å². The summed E-state index contributed by atoms with van der Waals surface area (Å²) < 4.78 is 42.6. The number of amides is 1. The van der Waals surface area contributed by atoms with Gasteiger partial charge in [0, 0.05) is 38.3 Å². The maximum atomic E-state index is 12.5. The van der Waals surface area contributed by atoms with Crippen molar-refractivity contribution in [2.24, 2.45) is 0 Å². The number of aromatic nitrogens is 1. The number of hydrogen-bond acceptors (Lipinski definition) is 4. The van der Waals surface area contributed by atoms with Crippen molar-refractivity contribution in [3.8, 4) is 0 Å². The molecular formula is C14H17ClF3N3O2. The summed E-state index contributed by atoms with van der Waals surface area (Å²) >= 11 is 5.51. The molecule has 9 heteroatoms. The molecule has 1 saturated heterocycles. The quantitative estimate of drug-likeness (QED) is 0.618. The Balaban J connectivity index is 1.85. The Morgan fingerprint density at radius 2 is 1.96 bits per heavy atom. The molecule has 5 nitrogen and oxygen atoms in total. The second-order valence-electron chi connectivity index (χ2n) is 5.03. The molecule has 23 heavy (non-hydrogen) atoms. The highest BCUT2D eigenvalue weighted by atomic mass is 35.5. The summed E-state index contributed by atoms with van der Waals surface area (Å²) in [5.41, 5.74) is -0.775. The van der Waals surface area contributed by atoms with Crippen molar-refractivity contribution in [1.29, 1.82) is 0 Å². The van der Waals surface area contributed by atoms with Gasteiger partial charge >= 0.3 is 12.3 Å². The lowest BCUT2D eigenvalue weighted by atomic mass is 10.2. The molecule has 128 valence electrons. The van der Waals surface area contributed by atoms with Gasteiger partial charge < -0.3 is 14.5 Å². The molecule has 1 aromatic heterocycles. The third-order valence-electron chi connectivity index (χ3n) is 3.44. The molecule has 0 aliphatic carbocycles. The van der Waals surface area contributed by atoms with Crippen LogP contribution in [0.3, 0.4) is 0 Å². The number of carbonyl (C=O) groups excluding carboxylic acids is 1. The summed E-state index contributed by atoms with van der Waals surface area (Å²) in [6.07, 6.45) is -3.36. The van der Waals surface area contributed by atoms with Gasteiger partial charge in [-0.2, -0.15) is 13.2 Å². The number of pyridine rings is 1. The Labute approximate surface area is 137 Å². The van der Waals surface area contributed by atoms with Crippen molar-refractivity contribution in [3.63, 3.8) is 0 Å². The van der Waals surface area contributed by atoms with Crippen LogP contribution >= 0.6 is 11.6 Å². The smallest absolute Gasteiger partial charge is 0.417 e. The predicted molar refractivity (Wildman–Crippen MR) is 79.7 cm³/mol. The minimum absolute atomic E-state index is 0.281. The van der Waals surface area contributed by atoms with Crippen LogP contribution in [0.4, 0.5) is 23.8 Å². The lowest BCUT2D eigenvalue weighted by molar-refractivity contribution is -0.137. The molecule has 0 saturated carbocycles. The van der Waals surface area contributed by atoms with Gasteiger partial charge in [0.05, 0.1) is 12.2 Å². The van der Waals surface area contributed by atoms with E-state index in [-0.39, 0.29) is 6.61 Å². The molecule has 1 aliphatic rings. The van der Waals surface area contributed by atoms with Crippen molar-refractivity contribution < 1.29 is 22.7 Å². The Kier molecular flexibility index (Phi) is 5.92. The highest BCUT2D eigenvalue weighted by molar-refractivity contribution is 6.17. The molecule has 2 heterocycles. The minimum atomic E-state index is -4.39. The number of carbonyl (C=O) groups is 1. The van der Waals surface area contributed by atoms with E-state index in [1.165, 1.54) is 6.07 Å². The van der Waals surface area contributed by atoms with Crippen LogP contribution in [-0.4, -0.2) is 54.6 Å². The molecule has 1 fully saturated rings. The first-order valence-corrected chi connectivity index (χ1v) is 7.71. The Morgan fingerprint density at radius 3 is 2.48 bits per heavy atom. The van der Waals surface area contributed by atoms with Crippen molar-refractivity contribution in [2.45, 2.75) is 12.6 Å². The van der Waals surface area contributed by atoms with E-state index in [0.29, 0.717) is 44.3 Å². The van der Waals surface area contributed by atoms with Gasteiger partial charge in [0.25, 0.3) is 0 Å². The summed E-state index contributed by atoms with van der Waals surface area (Å²) in [5.74, 6) is 0.897. The van der Waals surface area contributed by atoms with Crippen LogP contribution in [0.1, 0.15) is 12.0 Å². The average Bonchev–Trinajstić information content (AvgIpc) is 2.54. The lowest BCUT2D eigenvalue weighted by Crippen LogP contribution is -2.49. The normalized spacial score (nSPS) is 15.7. The van der Waals surface area contributed by atoms with Gasteiger partial charge in [-0.3, -0.25) is 0 Å². The Morgan fingerprint density at radius 1 is 1.26 bits per heavy atom. The molecule has 1 amide bonds. The zero-order chi connectivity index (χ0) is 16.9. The van der Waals surface area contributed by atoms with E-state index >= 15 is 0 Å². The van der Waals surface area contributed by atoms with E-state index in [1.807, 2.05) is 4.90 Å². The standard InChI is InChI=1S/C14H17ClF3N3O2/c15-4-1-9-23-13(22)21-7-5-20(6-8-21)12-3-2-11(10-19-12)14(16,17)18/h2-3,10H,1,4-9H2. The Bertz CT molecular complexity index is 517. The van der Waals surface area contributed by atoms with Gasteiger partial charge in [-0.15, -0.1) is 11.6 Å². The van der Waals surface area contributed by atoms with Crippen LogP contribution in [0.2, 0.25) is 0 Å². The van der Waals surface area contributed by atoms with Crippen molar-refractivity contribution >= 4 is 23.5 Å². The van der Waals surface area contributed by atoms with Crippen LogP contribution < -0.4 is 4.90 Å². The summed E-state index contributed by atoms with van der Waals surface area (Å²) in [4.78, 5) is 19.0.